The summed E-state index contributed by atoms with van der Waals surface area (Å²) in [5.41, 5.74) is 2.20. The van der Waals surface area contributed by atoms with Gasteiger partial charge in [0.25, 0.3) is 5.69 Å². The first-order chi connectivity index (χ1) is 13.7. The Balaban J connectivity index is 1.63. The largest absolute Gasteiger partial charge is 0.326 e. The highest BCUT2D eigenvalue weighted by molar-refractivity contribution is 7.89. The number of hydrogen-bond donors (Lipinski definition) is 1. The van der Waals surface area contributed by atoms with Crippen LogP contribution in [-0.4, -0.2) is 36.6 Å². The summed E-state index contributed by atoms with van der Waals surface area (Å²) in [5.74, 6) is -0.603. The van der Waals surface area contributed by atoms with Gasteiger partial charge in [-0.15, -0.1) is 0 Å². The molecule has 29 heavy (non-hydrogen) atoms. The molecule has 2 aromatic carbocycles. The molecule has 0 radical (unpaired) electrons. The Hall–Kier alpha value is -2.78. The molecule has 0 atom stereocenters. The fourth-order valence-electron chi connectivity index (χ4n) is 3.32. The van der Waals surface area contributed by atoms with E-state index < -0.39 is 14.9 Å². The number of rotatable bonds is 5. The van der Waals surface area contributed by atoms with Crippen molar-refractivity contribution in [3.8, 4) is 0 Å². The van der Waals surface area contributed by atoms with Gasteiger partial charge in [0.1, 0.15) is 0 Å². The second kappa shape index (κ2) is 8.30. The molecular formula is C20H23N3O5S. The highest BCUT2D eigenvalue weighted by Gasteiger charge is 2.32. The van der Waals surface area contributed by atoms with Gasteiger partial charge in [-0.1, -0.05) is 12.1 Å². The van der Waals surface area contributed by atoms with E-state index in [0.717, 1.165) is 11.1 Å². The number of nitro benzene ring substituents is 1. The zero-order valence-electron chi connectivity index (χ0n) is 16.3. The molecule has 1 heterocycles. The van der Waals surface area contributed by atoms with Crippen molar-refractivity contribution in [2.24, 2.45) is 5.92 Å². The molecule has 3 rings (SSSR count). The number of aryl methyl sites for hydroxylation is 2. The third-order valence-electron chi connectivity index (χ3n) is 5.27. The summed E-state index contributed by atoms with van der Waals surface area (Å²) in [5, 5.41) is 13.6. The quantitative estimate of drug-likeness (QED) is 0.593. The zero-order valence-corrected chi connectivity index (χ0v) is 17.1. The standard InChI is InChI=1S/C20H23N3O5S/c1-14-6-7-19(12-15(14)2)29(27,28)22-10-8-16(9-11-22)20(24)21-17-4-3-5-18(13-17)23(25)26/h3-7,12-13,16H,8-11H2,1-2H3,(H,21,24). The third-order valence-corrected chi connectivity index (χ3v) is 7.16. The predicted molar refractivity (Wildman–Crippen MR) is 109 cm³/mol. The van der Waals surface area contributed by atoms with Crippen molar-refractivity contribution >= 4 is 27.3 Å². The van der Waals surface area contributed by atoms with E-state index in [1.807, 2.05) is 13.8 Å². The Morgan fingerprint density at radius 2 is 1.79 bits per heavy atom. The van der Waals surface area contributed by atoms with Gasteiger partial charge in [0.15, 0.2) is 0 Å². The number of benzene rings is 2. The summed E-state index contributed by atoms with van der Waals surface area (Å²) in [6, 6.07) is 10.8. The van der Waals surface area contributed by atoms with Gasteiger partial charge in [-0.25, -0.2) is 8.42 Å². The number of piperidine rings is 1. The molecule has 9 heteroatoms. The first-order valence-electron chi connectivity index (χ1n) is 9.31. The van der Waals surface area contributed by atoms with Crippen LogP contribution >= 0.6 is 0 Å². The van der Waals surface area contributed by atoms with Gasteiger partial charge in [0.05, 0.1) is 9.82 Å². The van der Waals surface area contributed by atoms with Gasteiger partial charge in [-0.05, 0) is 56.0 Å². The van der Waals surface area contributed by atoms with Crippen LogP contribution in [0.1, 0.15) is 24.0 Å². The molecule has 0 spiro atoms. The van der Waals surface area contributed by atoms with E-state index in [1.54, 1.807) is 24.3 Å². The third kappa shape index (κ3) is 4.63. The molecule has 1 amide bonds. The number of carbonyl (C=O) groups is 1. The number of nitro groups is 1. The van der Waals surface area contributed by atoms with Gasteiger partial charge >= 0.3 is 0 Å². The van der Waals surface area contributed by atoms with Crippen LogP contribution in [0.3, 0.4) is 0 Å². The molecule has 1 fully saturated rings. The Morgan fingerprint density at radius 1 is 1.10 bits per heavy atom. The molecular weight excluding hydrogens is 394 g/mol. The smallest absolute Gasteiger partial charge is 0.271 e. The lowest BCUT2D eigenvalue weighted by atomic mass is 9.97. The first-order valence-corrected chi connectivity index (χ1v) is 10.8. The van der Waals surface area contributed by atoms with Gasteiger partial charge in [-0.2, -0.15) is 4.31 Å². The van der Waals surface area contributed by atoms with Crippen LogP contribution in [0.5, 0.6) is 0 Å². The minimum Gasteiger partial charge on any atom is -0.326 e. The summed E-state index contributed by atoms with van der Waals surface area (Å²) < 4.78 is 27.2. The Morgan fingerprint density at radius 3 is 2.41 bits per heavy atom. The number of nitrogens with zero attached hydrogens (tertiary/aromatic N) is 2. The van der Waals surface area contributed by atoms with Crippen molar-refractivity contribution in [2.75, 3.05) is 18.4 Å². The number of amides is 1. The number of sulfonamides is 1. The fourth-order valence-corrected chi connectivity index (χ4v) is 4.88. The van der Waals surface area contributed by atoms with Crippen molar-refractivity contribution in [3.63, 3.8) is 0 Å². The molecule has 2 aromatic rings. The number of non-ortho nitro benzene ring substituents is 1. The zero-order chi connectivity index (χ0) is 21.2. The van der Waals surface area contributed by atoms with E-state index in [9.17, 15) is 23.3 Å². The van der Waals surface area contributed by atoms with E-state index in [0.29, 0.717) is 18.5 Å². The van der Waals surface area contributed by atoms with Crippen LogP contribution in [0, 0.1) is 29.9 Å². The molecule has 0 bridgehead atoms. The first kappa shape index (κ1) is 20.9. The monoisotopic (exact) mass is 417 g/mol. The van der Waals surface area contributed by atoms with Crippen LogP contribution in [0.2, 0.25) is 0 Å². The van der Waals surface area contributed by atoms with Crippen LogP contribution in [0.15, 0.2) is 47.4 Å². The molecule has 0 saturated carbocycles. The Labute approximate surface area is 169 Å². The van der Waals surface area contributed by atoms with Gasteiger partial charge < -0.3 is 5.32 Å². The minimum atomic E-state index is -3.60. The summed E-state index contributed by atoms with van der Waals surface area (Å²) in [6.07, 6.45) is 0.787. The number of hydrogen-bond acceptors (Lipinski definition) is 5. The van der Waals surface area contributed by atoms with Gasteiger partial charge in [0.2, 0.25) is 15.9 Å². The molecule has 1 saturated heterocycles. The summed E-state index contributed by atoms with van der Waals surface area (Å²) >= 11 is 0. The van der Waals surface area contributed by atoms with Crippen LogP contribution < -0.4 is 5.32 Å². The topological polar surface area (TPSA) is 110 Å². The minimum absolute atomic E-state index is 0.0999. The average Bonchev–Trinajstić information content (AvgIpc) is 2.70. The van der Waals surface area contributed by atoms with Crippen molar-refractivity contribution in [1.82, 2.24) is 4.31 Å². The maximum absolute atomic E-state index is 12.9. The lowest BCUT2D eigenvalue weighted by Crippen LogP contribution is -2.41. The molecule has 1 aliphatic heterocycles. The SMILES string of the molecule is Cc1ccc(S(=O)(=O)N2CCC(C(=O)Nc3cccc([N+](=O)[O-])c3)CC2)cc1C. The van der Waals surface area contributed by atoms with E-state index >= 15 is 0 Å². The maximum Gasteiger partial charge on any atom is 0.271 e. The van der Waals surface area contributed by atoms with E-state index in [-0.39, 0.29) is 35.5 Å². The lowest BCUT2D eigenvalue weighted by Gasteiger charge is -2.30. The highest BCUT2D eigenvalue weighted by Crippen LogP contribution is 2.26. The number of nitrogens with one attached hydrogen (secondary N) is 1. The van der Waals surface area contributed by atoms with E-state index in [1.165, 1.54) is 22.5 Å². The molecule has 8 nitrogen and oxygen atoms in total. The average molecular weight is 417 g/mol. The molecule has 1 aliphatic rings. The normalized spacial score (nSPS) is 15.8. The summed E-state index contributed by atoms with van der Waals surface area (Å²) in [7, 11) is -3.60. The second-order valence-electron chi connectivity index (χ2n) is 7.22. The summed E-state index contributed by atoms with van der Waals surface area (Å²) in [6.45, 7) is 4.31. The van der Waals surface area contributed by atoms with Crippen molar-refractivity contribution in [1.29, 1.82) is 0 Å². The Kier molecular flexibility index (Phi) is 5.99. The fraction of sp³-hybridized carbons (Fsp3) is 0.350. The van der Waals surface area contributed by atoms with Gasteiger partial charge in [-0.3, -0.25) is 14.9 Å². The van der Waals surface area contributed by atoms with Crippen molar-refractivity contribution < 1.29 is 18.1 Å². The van der Waals surface area contributed by atoms with Gasteiger partial charge in [0, 0.05) is 36.8 Å². The maximum atomic E-state index is 12.9. The van der Waals surface area contributed by atoms with E-state index in [4.69, 9.17) is 0 Å². The number of carbonyl (C=O) groups excluding carboxylic acids is 1. The highest BCUT2D eigenvalue weighted by atomic mass is 32.2. The molecule has 0 unspecified atom stereocenters. The van der Waals surface area contributed by atoms with Crippen LogP contribution in [0.4, 0.5) is 11.4 Å². The van der Waals surface area contributed by atoms with E-state index in [2.05, 4.69) is 5.32 Å². The Bertz CT molecular complexity index is 1040. The van der Waals surface area contributed by atoms with Crippen molar-refractivity contribution in [3.05, 3.63) is 63.7 Å². The predicted octanol–water partition coefficient (Wildman–Crippen LogP) is 3.25. The summed E-state index contributed by atoms with van der Waals surface area (Å²) in [4.78, 5) is 23.1. The van der Waals surface area contributed by atoms with Crippen molar-refractivity contribution in [2.45, 2.75) is 31.6 Å². The lowest BCUT2D eigenvalue weighted by molar-refractivity contribution is -0.384. The number of anilines is 1. The second-order valence-corrected chi connectivity index (χ2v) is 9.16. The van der Waals surface area contributed by atoms with Crippen LogP contribution in [-0.2, 0) is 14.8 Å². The molecule has 0 aliphatic carbocycles. The molecule has 154 valence electrons. The molecule has 0 aromatic heterocycles. The molecule has 1 N–H and O–H groups in total. The van der Waals surface area contributed by atoms with Crippen LogP contribution in [0.25, 0.3) is 0 Å².